The van der Waals surface area contributed by atoms with Gasteiger partial charge in [0, 0.05) is 36.7 Å². The normalized spacial score (nSPS) is 13.2. The van der Waals surface area contributed by atoms with Gasteiger partial charge in [0.05, 0.1) is 5.01 Å². The highest BCUT2D eigenvalue weighted by atomic mass is 32.1. The molecular formula is C13H24N2OS. The molecule has 0 fully saturated rings. The third kappa shape index (κ3) is 5.61. The summed E-state index contributed by atoms with van der Waals surface area (Å²) in [4.78, 5) is 5.72. The highest BCUT2D eigenvalue weighted by Gasteiger charge is 2.07. The molecule has 1 aromatic rings. The third-order valence-corrected chi connectivity index (χ3v) is 3.74. The number of nitrogens with zero attached hydrogens (tertiary/aromatic N) is 1. The van der Waals surface area contributed by atoms with E-state index in [1.807, 2.05) is 6.20 Å². The van der Waals surface area contributed by atoms with Crippen molar-refractivity contribution in [1.29, 1.82) is 0 Å². The lowest BCUT2D eigenvalue weighted by Crippen LogP contribution is -2.28. The second-order valence-corrected chi connectivity index (χ2v) is 6.02. The molecule has 0 aliphatic heterocycles. The van der Waals surface area contributed by atoms with Gasteiger partial charge in [0.15, 0.2) is 0 Å². The SMILES string of the molecule is CCC(CCO)NCc1cnc(CC(C)C)s1. The van der Waals surface area contributed by atoms with Crippen molar-refractivity contribution in [2.24, 2.45) is 5.92 Å². The number of rotatable bonds is 8. The molecule has 1 rings (SSSR count). The fourth-order valence-electron chi connectivity index (χ4n) is 1.72. The molecule has 0 radical (unpaired) electrons. The molecule has 3 nitrogen and oxygen atoms in total. The standard InChI is InChI=1S/C13H24N2OS/c1-4-11(5-6-16)14-8-12-9-15-13(17-12)7-10(2)3/h9-11,14,16H,4-8H2,1-3H3. The van der Waals surface area contributed by atoms with E-state index < -0.39 is 0 Å². The largest absolute Gasteiger partial charge is 0.396 e. The Morgan fingerprint density at radius 2 is 2.24 bits per heavy atom. The monoisotopic (exact) mass is 256 g/mol. The van der Waals surface area contributed by atoms with E-state index in [0.717, 1.165) is 25.8 Å². The molecule has 1 heterocycles. The Hall–Kier alpha value is -0.450. The first-order valence-electron chi connectivity index (χ1n) is 6.43. The average molecular weight is 256 g/mol. The van der Waals surface area contributed by atoms with Crippen molar-refractivity contribution in [3.05, 3.63) is 16.1 Å². The summed E-state index contributed by atoms with van der Waals surface area (Å²) in [5.41, 5.74) is 0. The average Bonchev–Trinajstić information content (AvgIpc) is 2.71. The number of aliphatic hydroxyl groups is 1. The van der Waals surface area contributed by atoms with Crippen molar-refractivity contribution in [3.63, 3.8) is 0 Å². The van der Waals surface area contributed by atoms with Crippen LogP contribution in [-0.4, -0.2) is 22.7 Å². The highest BCUT2D eigenvalue weighted by Crippen LogP contribution is 2.16. The number of nitrogens with one attached hydrogen (secondary N) is 1. The molecule has 4 heteroatoms. The predicted octanol–water partition coefficient (Wildman–Crippen LogP) is 2.59. The predicted molar refractivity (Wildman–Crippen MR) is 73.3 cm³/mol. The van der Waals surface area contributed by atoms with Gasteiger partial charge >= 0.3 is 0 Å². The van der Waals surface area contributed by atoms with Crippen LogP contribution in [0.5, 0.6) is 0 Å². The second kappa shape index (κ2) is 7.80. The van der Waals surface area contributed by atoms with Crippen LogP contribution in [-0.2, 0) is 13.0 Å². The number of aliphatic hydroxyl groups excluding tert-OH is 1. The minimum absolute atomic E-state index is 0.257. The molecular weight excluding hydrogens is 232 g/mol. The summed E-state index contributed by atoms with van der Waals surface area (Å²) in [6.07, 6.45) is 4.92. The van der Waals surface area contributed by atoms with E-state index in [-0.39, 0.29) is 6.61 Å². The summed E-state index contributed by atoms with van der Waals surface area (Å²) in [6, 6.07) is 0.413. The van der Waals surface area contributed by atoms with Crippen LogP contribution in [0.3, 0.4) is 0 Å². The van der Waals surface area contributed by atoms with Gasteiger partial charge in [-0.3, -0.25) is 0 Å². The van der Waals surface area contributed by atoms with E-state index in [0.29, 0.717) is 12.0 Å². The molecule has 2 N–H and O–H groups in total. The first kappa shape index (κ1) is 14.6. The zero-order valence-electron chi connectivity index (χ0n) is 11.1. The molecule has 0 aromatic carbocycles. The Morgan fingerprint density at radius 3 is 2.82 bits per heavy atom. The molecule has 0 amide bonds. The lowest BCUT2D eigenvalue weighted by atomic mass is 10.1. The van der Waals surface area contributed by atoms with Crippen LogP contribution in [0.4, 0.5) is 0 Å². The fourth-order valence-corrected chi connectivity index (χ4v) is 2.81. The highest BCUT2D eigenvalue weighted by molar-refractivity contribution is 7.11. The summed E-state index contributed by atoms with van der Waals surface area (Å²) in [6.45, 7) is 7.70. The molecule has 0 saturated carbocycles. The lowest BCUT2D eigenvalue weighted by Gasteiger charge is -2.14. The Balaban J connectivity index is 2.38. The Kier molecular flexibility index (Phi) is 6.70. The smallest absolute Gasteiger partial charge is 0.0930 e. The molecule has 17 heavy (non-hydrogen) atoms. The summed E-state index contributed by atoms with van der Waals surface area (Å²) in [5.74, 6) is 0.666. The molecule has 0 saturated heterocycles. The van der Waals surface area contributed by atoms with Crippen LogP contribution in [0.15, 0.2) is 6.20 Å². The first-order chi connectivity index (χ1) is 8.15. The fraction of sp³-hybridized carbons (Fsp3) is 0.769. The van der Waals surface area contributed by atoms with Crippen molar-refractivity contribution in [2.45, 2.75) is 52.6 Å². The summed E-state index contributed by atoms with van der Waals surface area (Å²) in [7, 11) is 0. The van der Waals surface area contributed by atoms with E-state index in [9.17, 15) is 0 Å². The zero-order chi connectivity index (χ0) is 12.7. The van der Waals surface area contributed by atoms with Gasteiger partial charge in [0.25, 0.3) is 0 Å². The van der Waals surface area contributed by atoms with Gasteiger partial charge in [0.2, 0.25) is 0 Å². The minimum Gasteiger partial charge on any atom is -0.396 e. The van der Waals surface area contributed by atoms with E-state index in [2.05, 4.69) is 31.1 Å². The Morgan fingerprint density at radius 1 is 1.47 bits per heavy atom. The molecule has 0 aliphatic rings. The quantitative estimate of drug-likeness (QED) is 0.751. The molecule has 1 atom stereocenters. The summed E-state index contributed by atoms with van der Waals surface area (Å²) in [5, 5.41) is 13.6. The van der Waals surface area contributed by atoms with Crippen LogP contribution >= 0.6 is 11.3 Å². The summed E-state index contributed by atoms with van der Waals surface area (Å²) >= 11 is 1.80. The van der Waals surface area contributed by atoms with Crippen molar-refractivity contribution >= 4 is 11.3 Å². The maximum absolute atomic E-state index is 8.92. The van der Waals surface area contributed by atoms with Crippen LogP contribution in [0.25, 0.3) is 0 Å². The maximum Gasteiger partial charge on any atom is 0.0930 e. The van der Waals surface area contributed by atoms with Crippen molar-refractivity contribution in [3.8, 4) is 0 Å². The van der Waals surface area contributed by atoms with Gasteiger partial charge in [-0.05, 0) is 18.8 Å². The van der Waals surface area contributed by atoms with E-state index in [1.54, 1.807) is 11.3 Å². The van der Waals surface area contributed by atoms with Crippen LogP contribution in [0.2, 0.25) is 0 Å². The van der Waals surface area contributed by atoms with Crippen LogP contribution in [0, 0.1) is 5.92 Å². The van der Waals surface area contributed by atoms with Gasteiger partial charge in [-0.2, -0.15) is 0 Å². The second-order valence-electron chi connectivity index (χ2n) is 4.82. The molecule has 1 aromatic heterocycles. The molecule has 0 bridgehead atoms. The molecule has 98 valence electrons. The van der Waals surface area contributed by atoms with Crippen molar-refractivity contribution in [1.82, 2.24) is 10.3 Å². The minimum atomic E-state index is 0.257. The van der Waals surface area contributed by atoms with E-state index in [1.165, 1.54) is 9.88 Å². The topological polar surface area (TPSA) is 45.1 Å². The van der Waals surface area contributed by atoms with Gasteiger partial charge in [-0.25, -0.2) is 4.98 Å². The van der Waals surface area contributed by atoms with E-state index in [4.69, 9.17) is 5.11 Å². The third-order valence-electron chi connectivity index (χ3n) is 2.72. The van der Waals surface area contributed by atoms with Crippen molar-refractivity contribution < 1.29 is 5.11 Å². The maximum atomic E-state index is 8.92. The van der Waals surface area contributed by atoms with E-state index >= 15 is 0 Å². The number of thiazole rings is 1. The zero-order valence-corrected chi connectivity index (χ0v) is 11.9. The lowest BCUT2D eigenvalue weighted by molar-refractivity contribution is 0.262. The van der Waals surface area contributed by atoms with Crippen molar-refractivity contribution in [2.75, 3.05) is 6.61 Å². The Bertz CT molecular complexity index is 312. The molecule has 1 unspecified atom stereocenters. The molecule has 0 spiro atoms. The molecule has 0 aliphatic carbocycles. The van der Waals surface area contributed by atoms with Crippen LogP contribution in [0.1, 0.15) is 43.5 Å². The van der Waals surface area contributed by atoms with Gasteiger partial charge < -0.3 is 10.4 Å². The summed E-state index contributed by atoms with van der Waals surface area (Å²) < 4.78 is 0. The number of hydrogen-bond donors (Lipinski definition) is 2. The first-order valence-corrected chi connectivity index (χ1v) is 7.25. The van der Waals surface area contributed by atoms with Gasteiger partial charge in [-0.15, -0.1) is 11.3 Å². The number of hydrogen-bond acceptors (Lipinski definition) is 4. The number of aromatic nitrogens is 1. The van der Waals surface area contributed by atoms with Gasteiger partial charge in [-0.1, -0.05) is 20.8 Å². The van der Waals surface area contributed by atoms with Crippen LogP contribution < -0.4 is 5.32 Å². The van der Waals surface area contributed by atoms with Gasteiger partial charge in [0.1, 0.15) is 0 Å². The Labute approximate surface area is 108 Å².